The van der Waals surface area contributed by atoms with Crippen LogP contribution in [0, 0.1) is 0 Å². The first kappa shape index (κ1) is 14.4. The maximum absolute atomic E-state index is 3.66. The summed E-state index contributed by atoms with van der Waals surface area (Å²) < 4.78 is 0. The summed E-state index contributed by atoms with van der Waals surface area (Å²) in [6.45, 7) is 11.3. The molecule has 2 rings (SSSR count). The van der Waals surface area contributed by atoms with Gasteiger partial charge in [0.1, 0.15) is 0 Å². The lowest BCUT2D eigenvalue weighted by Gasteiger charge is -2.40. The number of piperazine rings is 1. The number of rotatable bonds is 4. The van der Waals surface area contributed by atoms with Crippen molar-refractivity contribution in [3.63, 3.8) is 0 Å². The van der Waals surface area contributed by atoms with Gasteiger partial charge in [0, 0.05) is 30.9 Å². The van der Waals surface area contributed by atoms with E-state index in [4.69, 9.17) is 0 Å². The first-order chi connectivity index (χ1) is 9.11. The topological polar surface area (TPSA) is 15.3 Å². The Morgan fingerprint density at radius 3 is 2.53 bits per heavy atom. The Morgan fingerprint density at radius 2 is 1.95 bits per heavy atom. The van der Waals surface area contributed by atoms with Gasteiger partial charge in [-0.25, -0.2) is 0 Å². The fraction of sp³-hybridized carbons (Fsp3) is 0.647. The summed E-state index contributed by atoms with van der Waals surface area (Å²) in [7, 11) is 0. The van der Waals surface area contributed by atoms with Crippen LogP contribution >= 0.6 is 0 Å². The van der Waals surface area contributed by atoms with Gasteiger partial charge < -0.3 is 10.2 Å². The number of benzene rings is 1. The molecule has 1 fully saturated rings. The van der Waals surface area contributed by atoms with E-state index >= 15 is 0 Å². The van der Waals surface area contributed by atoms with E-state index in [-0.39, 0.29) is 0 Å². The summed E-state index contributed by atoms with van der Waals surface area (Å²) in [5.41, 5.74) is 2.80. The Hall–Kier alpha value is -1.02. The number of nitrogens with one attached hydrogen (secondary N) is 1. The zero-order chi connectivity index (χ0) is 13.8. The smallest absolute Gasteiger partial charge is 0.0387 e. The molecular weight excluding hydrogens is 232 g/mol. The normalized spacial score (nSPS) is 23.9. The highest BCUT2D eigenvalue weighted by Gasteiger charge is 2.24. The number of hydrogen-bond donors (Lipinski definition) is 1. The molecule has 0 radical (unpaired) electrons. The second-order valence-corrected chi connectivity index (χ2v) is 6.14. The van der Waals surface area contributed by atoms with E-state index in [9.17, 15) is 0 Å². The van der Waals surface area contributed by atoms with E-state index in [1.54, 1.807) is 0 Å². The van der Waals surface area contributed by atoms with Gasteiger partial charge in [0.15, 0.2) is 0 Å². The molecule has 1 aliphatic heterocycles. The number of anilines is 1. The van der Waals surface area contributed by atoms with Gasteiger partial charge in [-0.3, -0.25) is 0 Å². The monoisotopic (exact) mass is 260 g/mol. The minimum Gasteiger partial charge on any atom is -0.366 e. The molecular formula is C17H28N2. The fourth-order valence-electron chi connectivity index (χ4n) is 2.88. The maximum Gasteiger partial charge on any atom is 0.0387 e. The van der Waals surface area contributed by atoms with Gasteiger partial charge in [0.05, 0.1) is 0 Å². The van der Waals surface area contributed by atoms with Gasteiger partial charge in [0.25, 0.3) is 0 Å². The average Bonchev–Trinajstić information content (AvgIpc) is 2.41. The van der Waals surface area contributed by atoms with Crippen molar-refractivity contribution in [2.75, 3.05) is 18.0 Å². The zero-order valence-electron chi connectivity index (χ0n) is 12.8. The molecule has 0 aliphatic carbocycles. The number of nitrogens with zero attached hydrogens (tertiary/aromatic N) is 1. The molecule has 106 valence electrons. The van der Waals surface area contributed by atoms with E-state index in [0.717, 1.165) is 13.1 Å². The van der Waals surface area contributed by atoms with E-state index < -0.39 is 0 Å². The van der Waals surface area contributed by atoms with Crippen LogP contribution in [0.2, 0.25) is 0 Å². The lowest BCUT2D eigenvalue weighted by atomic mass is 10.0. The Bertz CT molecular complexity index is 383. The van der Waals surface area contributed by atoms with Crippen LogP contribution < -0.4 is 10.2 Å². The molecule has 0 amide bonds. The van der Waals surface area contributed by atoms with Crippen LogP contribution in [0.1, 0.15) is 52.0 Å². The van der Waals surface area contributed by atoms with Crippen molar-refractivity contribution in [1.82, 2.24) is 5.32 Å². The van der Waals surface area contributed by atoms with Crippen molar-refractivity contribution < 1.29 is 0 Å². The minimum atomic E-state index is 0.581. The van der Waals surface area contributed by atoms with E-state index in [0.29, 0.717) is 18.0 Å². The first-order valence-corrected chi connectivity index (χ1v) is 7.71. The van der Waals surface area contributed by atoms with Crippen LogP contribution in [-0.4, -0.2) is 25.2 Å². The Labute approximate surface area is 118 Å². The molecule has 1 aromatic carbocycles. The van der Waals surface area contributed by atoms with Gasteiger partial charge in [-0.1, -0.05) is 39.3 Å². The van der Waals surface area contributed by atoms with Crippen molar-refractivity contribution >= 4 is 5.69 Å². The van der Waals surface area contributed by atoms with Crippen molar-refractivity contribution in [2.24, 2.45) is 0 Å². The highest BCUT2D eigenvalue weighted by Crippen LogP contribution is 2.23. The van der Waals surface area contributed by atoms with Crippen molar-refractivity contribution in [3.05, 3.63) is 29.8 Å². The fourth-order valence-corrected chi connectivity index (χ4v) is 2.88. The second-order valence-electron chi connectivity index (χ2n) is 6.14. The Morgan fingerprint density at radius 1 is 1.26 bits per heavy atom. The van der Waals surface area contributed by atoms with Crippen LogP contribution in [0.25, 0.3) is 0 Å². The molecule has 0 aromatic heterocycles. The van der Waals surface area contributed by atoms with E-state index in [1.165, 1.54) is 24.1 Å². The summed E-state index contributed by atoms with van der Waals surface area (Å²) in [4.78, 5) is 2.56. The Balaban J connectivity index is 2.09. The van der Waals surface area contributed by atoms with Gasteiger partial charge in [-0.15, -0.1) is 0 Å². The summed E-state index contributed by atoms with van der Waals surface area (Å²) >= 11 is 0. The zero-order valence-corrected chi connectivity index (χ0v) is 12.8. The minimum absolute atomic E-state index is 0.581. The molecule has 2 unspecified atom stereocenters. The molecule has 2 nitrogen and oxygen atoms in total. The largest absolute Gasteiger partial charge is 0.366 e. The van der Waals surface area contributed by atoms with E-state index in [2.05, 4.69) is 62.2 Å². The van der Waals surface area contributed by atoms with Crippen LogP contribution in [0.4, 0.5) is 5.69 Å². The molecule has 1 N–H and O–H groups in total. The highest BCUT2D eigenvalue weighted by atomic mass is 15.2. The molecule has 1 saturated heterocycles. The molecule has 0 saturated carbocycles. The molecule has 2 atom stereocenters. The lowest BCUT2D eigenvalue weighted by molar-refractivity contribution is 0.386. The number of hydrogen-bond acceptors (Lipinski definition) is 2. The van der Waals surface area contributed by atoms with Gasteiger partial charge in [0.2, 0.25) is 0 Å². The molecule has 0 spiro atoms. The molecule has 19 heavy (non-hydrogen) atoms. The average molecular weight is 260 g/mol. The molecule has 1 heterocycles. The Kier molecular flexibility index (Phi) is 4.87. The predicted octanol–water partition coefficient (Wildman–Crippen LogP) is 3.78. The summed E-state index contributed by atoms with van der Waals surface area (Å²) in [5, 5.41) is 3.66. The quantitative estimate of drug-likeness (QED) is 0.886. The third kappa shape index (κ3) is 3.50. The van der Waals surface area contributed by atoms with Crippen LogP contribution in [0.3, 0.4) is 0 Å². The lowest BCUT2D eigenvalue weighted by Crippen LogP contribution is -2.55. The van der Waals surface area contributed by atoms with Crippen LogP contribution in [-0.2, 0) is 0 Å². The van der Waals surface area contributed by atoms with Crippen molar-refractivity contribution in [3.8, 4) is 0 Å². The summed E-state index contributed by atoms with van der Waals surface area (Å²) in [5.74, 6) is 0.613. The molecule has 1 aliphatic rings. The van der Waals surface area contributed by atoms with Crippen molar-refractivity contribution in [1.29, 1.82) is 0 Å². The summed E-state index contributed by atoms with van der Waals surface area (Å²) in [6, 6.07) is 10.4. The summed E-state index contributed by atoms with van der Waals surface area (Å²) in [6.07, 6.45) is 2.53. The maximum atomic E-state index is 3.66. The van der Waals surface area contributed by atoms with Crippen LogP contribution in [0.15, 0.2) is 24.3 Å². The van der Waals surface area contributed by atoms with Gasteiger partial charge >= 0.3 is 0 Å². The second kappa shape index (κ2) is 6.42. The molecule has 1 aromatic rings. The van der Waals surface area contributed by atoms with Gasteiger partial charge in [-0.05, 0) is 37.0 Å². The third-order valence-electron chi connectivity index (χ3n) is 4.18. The highest BCUT2D eigenvalue weighted by molar-refractivity contribution is 5.49. The standard InChI is InChI=1S/C17H28N2/c1-5-6-16-12-19(14(4)11-18-16)17-9-7-15(8-10-17)13(2)3/h7-10,13-14,16,18H,5-6,11-12H2,1-4H3. The van der Waals surface area contributed by atoms with Gasteiger partial charge in [-0.2, -0.15) is 0 Å². The third-order valence-corrected chi connectivity index (χ3v) is 4.18. The molecule has 2 heteroatoms. The van der Waals surface area contributed by atoms with Crippen molar-refractivity contribution in [2.45, 2.75) is 58.5 Å². The SMILES string of the molecule is CCCC1CN(c2ccc(C(C)C)cc2)C(C)CN1. The first-order valence-electron chi connectivity index (χ1n) is 7.71. The van der Waals surface area contributed by atoms with E-state index in [1.807, 2.05) is 0 Å². The van der Waals surface area contributed by atoms with Crippen LogP contribution in [0.5, 0.6) is 0 Å². The predicted molar refractivity (Wildman–Crippen MR) is 84.0 cm³/mol. The molecule has 0 bridgehead atoms.